The number of benzene rings is 1. The first-order valence-corrected chi connectivity index (χ1v) is 23.1. The number of alkyl carbamates (subject to hydrolysis) is 2. The zero-order valence-corrected chi connectivity index (χ0v) is 41.2. The number of nitrogens with one attached hydrogen (secondary N) is 10. The summed E-state index contributed by atoms with van der Waals surface area (Å²) in [5, 5.41) is 36.3. The summed E-state index contributed by atoms with van der Waals surface area (Å²) in [7, 11) is 5.51. The van der Waals surface area contributed by atoms with Gasteiger partial charge in [-0.05, 0) is 98.6 Å². The van der Waals surface area contributed by atoms with Crippen molar-refractivity contribution in [1.82, 2.24) is 53.1 Å². The van der Waals surface area contributed by atoms with Gasteiger partial charge in [-0.2, -0.15) is 0 Å². The Morgan fingerprint density at radius 3 is 1.54 bits per heavy atom. The molecule has 0 unspecified atom stereocenters. The first-order chi connectivity index (χ1) is 32.2. The Balaban J connectivity index is 2.72. The first kappa shape index (κ1) is 59.1. The maximum absolute atomic E-state index is 14.3. The van der Waals surface area contributed by atoms with Gasteiger partial charge in [0.05, 0.1) is 12.1 Å². The van der Waals surface area contributed by atoms with Crippen molar-refractivity contribution in [3.05, 3.63) is 35.9 Å². The Kier molecular flexibility index (Phi) is 24.4. The zero-order valence-electron chi connectivity index (χ0n) is 41.2. The van der Waals surface area contributed by atoms with Gasteiger partial charge in [0.15, 0.2) is 7.98 Å². The molecular formula is C45H74BN11O12. The molecule has 0 aliphatic carbocycles. The van der Waals surface area contributed by atoms with E-state index in [0.717, 1.165) is 0 Å². The third-order valence-corrected chi connectivity index (χ3v) is 10.1. The number of aliphatic hydroxyl groups is 1. The average Bonchev–Trinajstić information content (AvgIpc) is 3.23. The Bertz CT molecular complexity index is 1900. The summed E-state index contributed by atoms with van der Waals surface area (Å²) in [5.74, 6) is -6.22. The van der Waals surface area contributed by atoms with E-state index < -0.39 is 113 Å². The van der Waals surface area contributed by atoms with E-state index >= 15 is 0 Å². The molecule has 0 aromatic heterocycles. The van der Waals surface area contributed by atoms with Crippen molar-refractivity contribution in [3.63, 3.8) is 0 Å². The summed E-state index contributed by atoms with van der Waals surface area (Å²) in [6, 6.07) is -1.13. The molecule has 1 heterocycles. The molecule has 1 aromatic carbocycles. The van der Waals surface area contributed by atoms with Gasteiger partial charge in [0.1, 0.15) is 47.5 Å². The van der Waals surface area contributed by atoms with Gasteiger partial charge in [-0.25, -0.2) is 9.59 Å². The highest BCUT2D eigenvalue weighted by molar-refractivity contribution is 6.04. The van der Waals surface area contributed by atoms with Crippen molar-refractivity contribution < 1.29 is 57.7 Å². The normalized spacial score (nSPS) is 23.7. The van der Waals surface area contributed by atoms with Crippen LogP contribution in [0.15, 0.2) is 30.3 Å². The molecule has 23 nitrogen and oxygen atoms in total. The van der Waals surface area contributed by atoms with Crippen molar-refractivity contribution in [3.8, 4) is 0 Å². The third-order valence-electron chi connectivity index (χ3n) is 10.1. The van der Waals surface area contributed by atoms with Crippen LogP contribution >= 0.6 is 0 Å². The van der Waals surface area contributed by atoms with E-state index in [2.05, 4.69) is 53.1 Å². The van der Waals surface area contributed by atoms with Gasteiger partial charge in [0, 0.05) is 26.1 Å². The molecule has 0 saturated carbocycles. The Morgan fingerprint density at radius 2 is 1.07 bits per heavy atom. The summed E-state index contributed by atoms with van der Waals surface area (Å²) in [5.41, 5.74) is 5.08. The van der Waals surface area contributed by atoms with Gasteiger partial charge in [-0.1, -0.05) is 44.2 Å². The number of ether oxygens (including phenoxy) is 2. The van der Waals surface area contributed by atoms with E-state index in [4.69, 9.17) is 23.2 Å². The summed E-state index contributed by atoms with van der Waals surface area (Å²) in [6.07, 6.45) is -3.96. The molecule has 1 aromatic rings. The highest BCUT2D eigenvalue weighted by atomic mass is 16.6. The number of aliphatic hydroxyl groups excluding tert-OH is 1. The second-order valence-corrected chi connectivity index (χ2v) is 19.2. The standard InChI is InChI=1S/C45H74BN11O12/c1-25(2)23-32-39(63)54-29(16-20-49-42(66)68-44(4,5)6)36(60)53-30(17-21-50-43(67)69-45(7,8)9)38(62)57-34(26(3)58)41(65)48-19-15-28(47)35(59)52-31(18-22-51-46)37(61)56-33(40(64)55-32)24-27-13-11-10-12-14-27/h10-14,25-26,28-34,51,58H,15-24,47H2,1-9H3,(H,48,65)(H,49,66)(H,50,67)(H,52,59)(H,53,60)(H,54,63)(H,55,64)(H,56,61)(H,57,62)/t26-,28+,29+,30+,31+,32+,33-,34+/m1/s1. The van der Waals surface area contributed by atoms with E-state index in [1.54, 1.807) is 85.7 Å². The number of hydrogen-bond acceptors (Lipinski definition) is 14. The summed E-state index contributed by atoms with van der Waals surface area (Å²) in [4.78, 5) is 123. The van der Waals surface area contributed by atoms with E-state index in [9.17, 15) is 48.3 Å². The van der Waals surface area contributed by atoms with E-state index in [0.29, 0.717) is 5.56 Å². The third kappa shape index (κ3) is 23.2. The SMILES string of the molecule is [B]NCC[C@@H]1NC(=O)[C@@H](N)CCNC(=O)[C@H]([C@@H](C)O)NC(=O)[C@H](CCNC(=O)OC(C)(C)C)NC(=O)[C@H](CCNC(=O)OC(C)(C)C)NC(=O)[C@H](CC(C)C)NC(=O)[C@@H](Cc2ccccc2)NC1=O. The van der Waals surface area contributed by atoms with Crippen LogP contribution in [-0.4, -0.2) is 152 Å². The molecule has 1 fully saturated rings. The minimum Gasteiger partial charge on any atom is -0.444 e. The van der Waals surface area contributed by atoms with Gasteiger partial charge < -0.3 is 73.4 Å². The zero-order chi connectivity index (χ0) is 52.1. The topological polar surface area (TPSA) is 339 Å². The maximum atomic E-state index is 14.3. The van der Waals surface area contributed by atoms with Crippen LogP contribution in [0, 0.1) is 5.92 Å². The molecular weight excluding hydrogens is 897 g/mol. The van der Waals surface area contributed by atoms with Crippen molar-refractivity contribution in [1.29, 1.82) is 0 Å². The van der Waals surface area contributed by atoms with E-state index in [1.165, 1.54) is 6.92 Å². The molecule has 1 aliphatic rings. The lowest BCUT2D eigenvalue weighted by Gasteiger charge is -2.29. The van der Waals surface area contributed by atoms with Gasteiger partial charge in [0.25, 0.3) is 0 Å². The van der Waals surface area contributed by atoms with Crippen LogP contribution < -0.4 is 58.8 Å². The number of rotatable bonds is 14. The maximum Gasteiger partial charge on any atom is 0.407 e. The Hall–Kier alpha value is -6.01. The van der Waals surface area contributed by atoms with Crippen LogP contribution in [-0.2, 0) is 49.5 Å². The molecule has 8 atom stereocenters. The molecule has 0 spiro atoms. The second kappa shape index (κ2) is 28.5. The molecule has 384 valence electrons. The number of amides is 9. The number of hydrogen-bond donors (Lipinski definition) is 12. The molecule has 2 rings (SSSR count). The lowest BCUT2D eigenvalue weighted by Crippen LogP contribution is -2.61. The van der Waals surface area contributed by atoms with Crippen LogP contribution in [0.3, 0.4) is 0 Å². The number of nitrogens with two attached hydrogens (primary N) is 1. The van der Waals surface area contributed by atoms with Crippen LogP contribution in [0.1, 0.15) is 100.0 Å². The smallest absolute Gasteiger partial charge is 0.407 e. The lowest BCUT2D eigenvalue weighted by molar-refractivity contribution is -0.136. The minimum absolute atomic E-state index is 0.0387. The number of carbonyl (C=O) groups is 9. The van der Waals surface area contributed by atoms with Crippen LogP contribution in [0.5, 0.6) is 0 Å². The molecule has 0 bridgehead atoms. The summed E-state index contributed by atoms with van der Waals surface area (Å²) < 4.78 is 10.6. The Morgan fingerprint density at radius 1 is 0.652 bits per heavy atom. The fraction of sp³-hybridized carbons (Fsp3) is 0.667. The average molecular weight is 972 g/mol. The predicted molar refractivity (Wildman–Crippen MR) is 255 cm³/mol. The second-order valence-electron chi connectivity index (χ2n) is 19.2. The first-order valence-electron chi connectivity index (χ1n) is 23.1. The number of carbonyl (C=O) groups excluding carboxylic acids is 9. The largest absolute Gasteiger partial charge is 0.444 e. The molecule has 13 N–H and O–H groups in total. The monoisotopic (exact) mass is 972 g/mol. The van der Waals surface area contributed by atoms with E-state index in [-0.39, 0.29) is 70.6 Å². The molecule has 1 saturated heterocycles. The van der Waals surface area contributed by atoms with Crippen molar-refractivity contribution in [2.45, 2.75) is 160 Å². The van der Waals surface area contributed by atoms with E-state index in [1.807, 2.05) is 0 Å². The highest BCUT2D eigenvalue weighted by Crippen LogP contribution is 2.12. The molecule has 2 radical (unpaired) electrons. The minimum atomic E-state index is -1.61. The summed E-state index contributed by atoms with van der Waals surface area (Å²) >= 11 is 0. The molecule has 1 aliphatic heterocycles. The van der Waals surface area contributed by atoms with Gasteiger partial charge >= 0.3 is 12.2 Å². The quantitative estimate of drug-likeness (QED) is 0.0926. The van der Waals surface area contributed by atoms with Crippen LogP contribution in [0.2, 0.25) is 0 Å². The van der Waals surface area contributed by atoms with Crippen molar-refractivity contribution in [2.24, 2.45) is 11.7 Å². The molecule has 9 amide bonds. The predicted octanol–water partition coefficient (Wildman–Crippen LogP) is -1.70. The van der Waals surface area contributed by atoms with Crippen molar-refractivity contribution >= 4 is 61.5 Å². The highest BCUT2D eigenvalue weighted by Gasteiger charge is 2.35. The van der Waals surface area contributed by atoms with Gasteiger partial charge in [-0.3, -0.25) is 33.6 Å². The van der Waals surface area contributed by atoms with Crippen molar-refractivity contribution in [2.75, 3.05) is 26.2 Å². The summed E-state index contributed by atoms with van der Waals surface area (Å²) in [6.45, 7) is 14.0. The van der Waals surface area contributed by atoms with Crippen LogP contribution in [0.4, 0.5) is 9.59 Å². The molecule has 69 heavy (non-hydrogen) atoms. The fourth-order valence-corrected chi connectivity index (χ4v) is 6.68. The van der Waals surface area contributed by atoms with Crippen LogP contribution in [0.25, 0.3) is 0 Å². The fourth-order valence-electron chi connectivity index (χ4n) is 6.68. The van der Waals surface area contributed by atoms with Gasteiger partial charge in [-0.15, -0.1) is 0 Å². The lowest BCUT2D eigenvalue weighted by atomic mass is 10.00. The molecule has 24 heteroatoms. The van der Waals surface area contributed by atoms with Gasteiger partial charge in [0.2, 0.25) is 41.4 Å². The Labute approximate surface area is 405 Å².